The molecule has 0 bridgehead atoms. The number of hydrogen-bond donors (Lipinski definition) is 2. The zero-order valence-corrected chi connectivity index (χ0v) is 27.2. The molecule has 0 aliphatic heterocycles. The summed E-state index contributed by atoms with van der Waals surface area (Å²) in [6.07, 6.45) is 6.40. The van der Waals surface area contributed by atoms with E-state index in [-0.39, 0.29) is 17.7 Å². The van der Waals surface area contributed by atoms with Gasteiger partial charge in [0.2, 0.25) is 11.8 Å². The molecule has 0 saturated heterocycles. The van der Waals surface area contributed by atoms with Crippen molar-refractivity contribution in [2.45, 2.75) is 144 Å². The molecule has 0 aromatic heterocycles. The molecule has 0 aliphatic carbocycles. The number of aryl methyl sites for hydroxylation is 2. The minimum Gasteiger partial charge on any atom is -0.444 e. The SMILES string of the molecule is CCCCCCCCN(C(=O)C(NC(=O)OC(C)(C)C)C(C)CC)C(C(=O)NC(C)(C)C)c1cc(C)cc(C)c1. The van der Waals surface area contributed by atoms with E-state index in [4.69, 9.17) is 4.74 Å². The van der Waals surface area contributed by atoms with Crippen LogP contribution in [0.15, 0.2) is 18.2 Å². The predicted molar refractivity (Wildman–Crippen MR) is 164 cm³/mol. The monoisotopic (exact) mass is 559 g/mol. The van der Waals surface area contributed by atoms with Crippen LogP contribution in [0.3, 0.4) is 0 Å². The second-order valence-corrected chi connectivity index (χ2v) is 13.4. The van der Waals surface area contributed by atoms with Crippen molar-refractivity contribution in [1.82, 2.24) is 15.5 Å². The van der Waals surface area contributed by atoms with Crippen molar-refractivity contribution in [3.8, 4) is 0 Å². The molecule has 0 fully saturated rings. The fourth-order valence-electron chi connectivity index (χ4n) is 4.80. The molecule has 0 saturated carbocycles. The summed E-state index contributed by atoms with van der Waals surface area (Å²) in [5.74, 6) is -0.642. The number of alkyl carbamates (subject to hydrolysis) is 1. The first-order valence-corrected chi connectivity index (χ1v) is 15.2. The van der Waals surface area contributed by atoms with Gasteiger partial charge in [0, 0.05) is 12.1 Å². The number of benzene rings is 1. The average molecular weight is 560 g/mol. The number of nitrogens with one attached hydrogen (secondary N) is 2. The molecular weight excluding hydrogens is 502 g/mol. The molecule has 1 aromatic carbocycles. The first-order valence-electron chi connectivity index (χ1n) is 15.2. The summed E-state index contributed by atoms with van der Waals surface area (Å²) in [7, 11) is 0. The van der Waals surface area contributed by atoms with Crippen LogP contribution in [0.2, 0.25) is 0 Å². The molecule has 7 nitrogen and oxygen atoms in total. The Kier molecular flexibility index (Phi) is 14.2. The van der Waals surface area contributed by atoms with Crippen molar-refractivity contribution in [1.29, 1.82) is 0 Å². The van der Waals surface area contributed by atoms with Crippen molar-refractivity contribution in [2.75, 3.05) is 6.54 Å². The number of rotatable bonds is 14. The minimum atomic E-state index is -0.826. The largest absolute Gasteiger partial charge is 0.444 e. The summed E-state index contributed by atoms with van der Waals surface area (Å²) in [5, 5.41) is 5.97. The maximum atomic E-state index is 14.4. The Labute approximate surface area is 244 Å². The van der Waals surface area contributed by atoms with Crippen molar-refractivity contribution in [3.63, 3.8) is 0 Å². The molecule has 0 heterocycles. The normalized spacial score (nSPS) is 14.2. The van der Waals surface area contributed by atoms with Gasteiger partial charge in [0.25, 0.3) is 0 Å². The zero-order valence-electron chi connectivity index (χ0n) is 27.2. The Balaban J connectivity index is 3.57. The molecule has 7 heteroatoms. The summed E-state index contributed by atoms with van der Waals surface area (Å²) < 4.78 is 5.52. The molecule has 3 amide bonds. The van der Waals surface area contributed by atoms with Gasteiger partial charge < -0.3 is 20.3 Å². The van der Waals surface area contributed by atoms with E-state index in [0.717, 1.165) is 42.4 Å². The van der Waals surface area contributed by atoms with E-state index in [1.54, 1.807) is 25.7 Å². The van der Waals surface area contributed by atoms with E-state index in [0.29, 0.717) is 13.0 Å². The highest BCUT2D eigenvalue weighted by molar-refractivity contribution is 5.92. The lowest BCUT2D eigenvalue weighted by Gasteiger charge is -2.37. The Morgan fingerprint density at radius 1 is 0.875 bits per heavy atom. The van der Waals surface area contributed by atoms with Gasteiger partial charge in [0.15, 0.2) is 0 Å². The van der Waals surface area contributed by atoms with Gasteiger partial charge in [-0.15, -0.1) is 0 Å². The fraction of sp³-hybridized carbons (Fsp3) is 0.727. The van der Waals surface area contributed by atoms with E-state index in [9.17, 15) is 14.4 Å². The Bertz CT molecular complexity index is 941. The molecule has 2 N–H and O–H groups in total. The van der Waals surface area contributed by atoms with Crippen molar-refractivity contribution >= 4 is 17.9 Å². The van der Waals surface area contributed by atoms with E-state index >= 15 is 0 Å². The van der Waals surface area contributed by atoms with Crippen molar-refractivity contribution < 1.29 is 19.1 Å². The first kappa shape index (κ1) is 35.5. The molecule has 1 rings (SSSR count). The Morgan fingerprint density at radius 2 is 1.43 bits per heavy atom. The molecule has 3 atom stereocenters. The number of carbonyl (C=O) groups excluding carboxylic acids is 3. The highest BCUT2D eigenvalue weighted by Crippen LogP contribution is 2.28. The average Bonchev–Trinajstić information content (AvgIpc) is 2.80. The van der Waals surface area contributed by atoms with Gasteiger partial charge in [-0.3, -0.25) is 9.59 Å². The topological polar surface area (TPSA) is 87.7 Å². The van der Waals surface area contributed by atoms with Crippen LogP contribution in [0, 0.1) is 19.8 Å². The first-order chi connectivity index (χ1) is 18.5. The second kappa shape index (κ2) is 16.0. The maximum absolute atomic E-state index is 14.4. The summed E-state index contributed by atoms with van der Waals surface area (Å²) in [4.78, 5) is 42.9. The number of hydrogen-bond acceptors (Lipinski definition) is 4. The predicted octanol–water partition coefficient (Wildman–Crippen LogP) is 7.39. The molecule has 228 valence electrons. The molecular formula is C33H57N3O4. The summed E-state index contributed by atoms with van der Waals surface area (Å²) >= 11 is 0. The van der Waals surface area contributed by atoms with Crippen molar-refractivity contribution in [2.24, 2.45) is 5.92 Å². The molecule has 40 heavy (non-hydrogen) atoms. The fourth-order valence-corrected chi connectivity index (χ4v) is 4.80. The van der Waals surface area contributed by atoms with Crippen molar-refractivity contribution in [3.05, 3.63) is 34.9 Å². The third kappa shape index (κ3) is 12.7. The lowest BCUT2D eigenvalue weighted by molar-refractivity contribution is -0.144. The lowest BCUT2D eigenvalue weighted by atomic mass is 9.94. The standard InChI is InChI=1S/C33H57N3O4/c1-12-14-15-16-17-18-19-36(30(38)27(25(5)13-2)34-31(39)40-33(9,10)11)28(29(37)35-32(6,7)8)26-21-23(3)20-24(4)22-26/h20-22,25,27-28H,12-19H2,1-11H3,(H,34,39)(H,35,37). The van der Waals surface area contributed by atoms with Gasteiger partial charge in [0.1, 0.15) is 17.7 Å². The van der Waals surface area contributed by atoms with Crippen LogP contribution in [0.4, 0.5) is 4.79 Å². The van der Waals surface area contributed by atoms with E-state index < -0.39 is 29.3 Å². The summed E-state index contributed by atoms with van der Waals surface area (Å²) in [6.45, 7) is 21.8. The van der Waals surface area contributed by atoms with Gasteiger partial charge in [0.05, 0.1) is 0 Å². The van der Waals surface area contributed by atoms with Gasteiger partial charge in [-0.05, 0) is 73.3 Å². The minimum absolute atomic E-state index is 0.155. The Morgan fingerprint density at radius 3 is 1.93 bits per heavy atom. The highest BCUT2D eigenvalue weighted by Gasteiger charge is 2.38. The van der Waals surface area contributed by atoms with Crippen LogP contribution < -0.4 is 10.6 Å². The smallest absolute Gasteiger partial charge is 0.408 e. The summed E-state index contributed by atoms with van der Waals surface area (Å²) in [6, 6.07) is 4.39. The Hall–Kier alpha value is -2.57. The third-order valence-corrected chi connectivity index (χ3v) is 6.80. The number of carbonyl (C=O) groups is 3. The van der Waals surface area contributed by atoms with Crippen LogP contribution in [0.5, 0.6) is 0 Å². The zero-order chi connectivity index (χ0) is 30.7. The molecule has 3 unspecified atom stereocenters. The molecule has 0 spiro atoms. The lowest BCUT2D eigenvalue weighted by Crippen LogP contribution is -2.56. The van der Waals surface area contributed by atoms with Gasteiger partial charge in [-0.25, -0.2) is 4.79 Å². The summed E-state index contributed by atoms with van der Waals surface area (Å²) in [5.41, 5.74) is 1.66. The van der Waals surface area contributed by atoms with Crippen LogP contribution >= 0.6 is 0 Å². The van der Waals surface area contributed by atoms with Crippen LogP contribution in [0.25, 0.3) is 0 Å². The number of ether oxygens (including phenoxy) is 1. The maximum Gasteiger partial charge on any atom is 0.408 e. The molecule has 1 aromatic rings. The van der Waals surface area contributed by atoms with E-state index in [1.807, 2.05) is 60.6 Å². The van der Waals surface area contributed by atoms with Crippen LogP contribution in [0.1, 0.15) is 130 Å². The number of unbranched alkanes of at least 4 members (excludes halogenated alkanes) is 5. The van der Waals surface area contributed by atoms with Gasteiger partial charge >= 0.3 is 6.09 Å². The highest BCUT2D eigenvalue weighted by atomic mass is 16.6. The molecule has 0 radical (unpaired) electrons. The van der Waals surface area contributed by atoms with E-state index in [2.05, 4.69) is 23.6 Å². The number of amides is 3. The number of nitrogens with zero attached hydrogens (tertiary/aromatic N) is 1. The van der Waals surface area contributed by atoms with Gasteiger partial charge in [-0.1, -0.05) is 88.6 Å². The van der Waals surface area contributed by atoms with E-state index in [1.165, 1.54) is 12.8 Å². The van der Waals surface area contributed by atoms with Crippen LogP contribution in [-0.2, 0) is 14.3 Å². The van der Waals surface area contributed by atoms with Crippen LogP contribution in [-0.4, -0.2) is 46.5 Å². The quantitative estimate of drug-likeness (QED) is 0.233. The second-order valence-electron chi connectivity index (χ2n) is 13.4. The third-order valence-electron chi connectivity index (χ3n) is 6.80. The van der Waals surface area contributed by atoms with Gasteiger partial charge in [-0.2, -0.15) is 0 Å². The molecule has 0 aliphatic rings.